The number of ether oxygens (including phenoxy) is 1. The number of carboxylic acids is 2. The molecule has 0 aromatic rings. The standard InChI is InChI=1S/C12H20N2O6/c1-3-6-14(7-8-20-2)12(19)13-9(11(17)18)4-5-10(15)16/h3,9H,1,4-8H2,2H3,(H,13,19)(H,15,16)(H,17,18). The highest BCUT2D eigenvalue weighted by molar-refractivity contribution is 5.83. The summed E-state index contributed by atoms with van der Waals surface area (Å²) in [5, 5.41) is 19.8. The van der Waals surface area contributed by atoms with Gasteiger partial charge in [-0.15, -0.1) is 6.58 Å². The molecule has 0 heterocycles. The number of rotatable bonds is 10. The lowest BCUT2D eigenvalue weighted by Gasteiger charge is -2.23. The highest BCUT2D eigenvalue weighted by atomic mass is 16.5. The van der Waals surface area contributed by atoms with E-state index in [-0.39, 0.29) is 25.9 Å². The van der Waals surface area contributed by atoms with E-state index in [9.17, 15) is 14.4 Å². The van der Waals surface area contributed by atoms with E-state index in [4.69, 9.17) is 14.9 Å². The van der Waals surface area contributed by atoms with Crippen LogP contribution < -0.4 is 5.32 Å². The highest BCUT2D eigenvalue weighted by Gasteiger charge is 2.23. The molecule has 8 heteroatoms. The normalized spacial score (nSPS) is 11.4. The number of amides is 2. The van der Waals surface area contributed by atoms with Crippen LogP contribution in [0.2, 0.25) is 0 Å². The summed E-state index contributed by atoms with van der Waals surface area (Å²) >= 11 is 0. The van der Waals surface area contributed by atoms with Crippen LogP contribution in [-0.4, -0.2) is 65.9 Å². The summed E-state index contributed by atoms with van der Waals surface area (Å²) in [5.74, 6) is -2.39. The fourth-order valence-corrected chi connectivity index (χ4v) is 1.40. The molecule has 0 fully saturated rings. The van der Waals surface area contributed by atoms with Crippen molar-refractivity contribution in [2.24, 2.45) is 0 Å². The van der Waals surface area contributed by atoms with Crippen LogP contribution in [0, 0.1) is 0 Å². The van der Waals surface area contributed by atoms with Gasteiger partial charge in [-0.1, -0.05) is 6.08 Å². The Morgan fingerprint density at radius 1 is 1.40 bits per heavy atom. The lowest BCUT2D eigenvalue weighted by Crippen LogP contribution is -2.49. The molecule has 0 aromatic carbocycles. The zero-order valence-corrected chi connectivity index (χ0v) is 11.4. The van der Waals surface area contributed by atoms with Crippen LogP contribution in [0.5, 0.6) is 0 Å². The second-order valence-electron chi connectivity index (χ2n) is 4.00. The number of nitrogens with one attached hydrogen (secondary N) is 1. The summed E-state index contributed by atoms with van der Waals surface area (Å²) in [6.45, 7) is 4.32. The van der Waals surface area contributed by atoms with Gasteiger partial charge in [0.25, 0.3) is 0 Å². The molecule has 0 bridgehead atoms. The quantitative estimate of drug-likeness (QED) is 0.493. The van der Waals surface area contributed by atoms with Crippen LogP contribution in [0.15, 0.2) is 12.7 Å². The van der Waals surface area contributed by atoms with Crippen molar-refractivity contribution in [3.05, 3.63) is 12.7 Å². The lowest BCUT2D eigenvalue weighted by molar-refractivity contribution is -0.140. The first-order valence-corrected chi connectivity index (χ1v) is 6.02. The van der Waals surface area contributed by atoms with Gasteiger partial charge in [0, 0.05) is 26.6 Å². The topological polar surface area (TPSA) is 116 Å². The van der Waals surface area contributed by atoms with Gasteiger partial charge in [-0.3, -0.25) is 4.79 Å². The molecule has 2 amide bonds. The summed E-state index contributed by atoms with van der Waals surface area (Å²) in [4.78, 5) is 34.6. The van der Waals surface area contributed by atoms with Crippen LogP contribution in [-0.2, 0) is 14.3 Å². The molecule has 0 aliphatic carbocycles. The average Bonchev–Trinajstić information content (AvgIpc) is 2.38. The molecular formula is C12H20N2O6. The third-order valence-electron chi connectivity index (χ3n) is 2.44. The lowest BCUT2D eigenvalue weighted by atomic mass is 10.1. The number of urea groups is 1. The third kappa shape index (κ3) is 7.37. The second kappa shape index (κ2) is 9.79. The van der Waals surface area contributed by atoms with Crippen molar-refractivity contribution in [3.63, 3.8) is 0 Å². The van der Waals surface area contributed by atoms with E-state index in [0.717, 1.165) is 0 Å². The molecule has 8 nitrogen and oxygen atoms in total. The van der Waals surface area contributed by atoms with Gasteiger partial charge >= 0.3 is 18.0 Å². The van der Waals surface area contributed by atoms with Crippen molar-refractivity contribution in [2.45, 2.75) is 18.9 Å². The van der Waals surface area contributed by atoms with Gasteiger partial charge in [-0.2, -0.15) is 0 Å². The van der Waals surface area contributed by atoms with Crippen molar-refractivity contribution in [1.29, 1.82) is 0 Å². The zero-order chi connectivity index (χ0) is 15.5. The molecule has 0 rings (SSSR count). The zero-order valence-electron chi connectivity index (χ0n) is 11.4. The Hall–Kier alpha value is -2.09. The predicted molar refractivity (Wildman–Crippen MR) is 70.5 cm³/mol. The number of nitrogens with zero attached hydrogens (tertiary/aromatic N) is 1. The van der Waals surface area contributed by atoms with Gasteiger partial charge in [0.15, 0.2) is 0 Å². The summed E-state index contributed by atoms with van der Waals surface area (Å²) in [6, 6.07) is -1.84. The van der Waals surface area contributed by atoms with E-state index in [1.165, 1.54) is 18.1 Å². The molecule has 0 aliphatic rings. The molecule has 0 saturated heterocycles. The average molecular weight is 288 g/mol. The van der Waals surface area contributed by atoms with Crippen LogP contribution in [0.4, 0.5) is 4.79 Å². The molecule has 0 aromatic heterocycles. The molecule has 1 unspecified atom stereocenters. The molecular weight excluding hydrogens is 268 g/mol. The minimum atomic E-state index is -1.27. The Bertz CT molecular complexity index is 358. The molecule has 1 atom stereocenters. The van der Waals surface area contributed by atoms with Crippen LogP contribution in [0.1, 0.15) is 12.8 Å². The smallest absolute Gasteiger partial charge is 0.326 e. The maximum atomic E-state index is 11.9. The van der Waals surface area contributed by atoms with Crippen molar-refractivity contribution in [2.75, 3.05) is 26.8 Å². The first-order valence-electron chi connectivity index (χ1n) is 6.02. The van der Waals surface area contributed by atoms with Gasteiger partial charge in [0.1, 0.15) is 6.04 Å². The van der Waals surface area contributed by atoms with E-state index < -0.39 is 24.0 Å². The van der Waals surface area contributed by atoms with Gasteiger partial charge in [0.05, 0.1) is 6.61 Å². The number of carboxylic acid groups (broad SMARTS) is 2. The van der Waals surface area contributed by atoms with E-state index >= 15 is 0 Å². The van der Waals surface area contributed by atoms with Crippen molar-refractivity contribution >= 4 is 18.0 Å². The Balaban J connectivity index is 4.56. The maximum absolute atomic E-state index is 11.9. The minimum absolute atomic E-state index is 0.178. The summed E-state index contributed by atoms with van der Waals surface area (Å²) < 4.78 is 4.85. The molecule has 114 valence electrons. The van der Waals surface area contributed by atoms with E-state index in [0.29, 0.717) is 6.61 Å². The van der Waals surface area contributed by atoms with E-state index in [2.05, 4.69) is 11.9 Å². The van der Waals surface area contributed by atoms with Crippen LogP contribution in [0.25, 0.3) is 0 Å². The SMILES string of the molecule is C=CCN(CCOC)C(=O)NC(CCC(=O)O)C(=O)O. The Labute approximate surface area is 117 Å². The molecule has 20 heavy (non-hydrogen) atoms. The molecule has 0 spiro atoms. The number of hydrogen-bond donors (Lipinski definition) is 3. The molecule has 0 aliphatic heterocycles. The van der Waals surface area contributed by atoms with Gasteiger partial charge in [-0.25, -0.2) is 9.59 Å². The van der Waals surface area contributed by atoms with Gasteiger partial charge in [0.2, 0.25) is 0 Å². The predicted octanol–water partition coefficient (Wildman–Crippen LogP) is 0.148. The highest BCUT2D eigenvalue weighted by Crippen LogP contribution is 2.00. The fourth-order valence-electron chi connectivity index (χ4n) is 1.40. The second-order valence-corrected chi connectivity index (χ2v) is 4.00. The Morgan fingerprint density at radius 2 is 2.05 bits per heavy atom. The number of carbonyl (C=O) groups excluding carboxylic acids is 1. The number of hydrogen-bond acceptors (Lipinski definition) is 4. The molecule has 3 N–H and O–H groups in total. The van der Waals surface area contributed by atoms with Gasteiger partial charge in [-0.05, 0) is 6.42 Å². The van der Waals surface area contributed by atoms with Crippen molar-refractivity contribution < 1.29 is 29.3 Å². The summed E-state index contributed by atoms with van der Waals surface area (Å²) in [5.41, 5.74) is 0. The van der Waals surface area contributed by atoms with Gasteiger partial charge < -0.3 is 25.2 Å². The summed E-state index contributed by atoms with van der Waals surface area (Å²) in [7, 11) is 1.48. The largest absolute Gasteiger partial charge is 0.481 e. The fraction of sp³-hybridized carbons (Fsp3) is 0.583. The van der Waals surface area contributed by atoms with Crippen molar-refractivity contribution in [3.8, 4) is 0 Å². The van der Waals surface area contributed by atoms with Crippen LogP contribution >= 0.6 is 0 Å². The molecule has 0 saturated carbocycles. The molecule has 0 radical (unpaired) electrons. The monoisotopic (exact) mass is 288 g/mol. The Kier molecular flexibility index (Phi) is 8.77. The summed E-state index contributed by atoms with van der Waals surface area (Å²) in [6.07, 6.45) is 0.988. The number of methoxy groups -OCH3 is 1. The number of carbonyl (C=O) groups is 3. The van der Waals surface area contributed by atoms with E-state index in [1.54, 1.807) is 0 Å². The van der Waals surface area contributed by atoms with E-state index in [1.807, 2.05) is 0 Å². The Morgan fingerprint density at radius 3 is 2.50 bits per heavy atom. The number of aliphatic carboxylic acids is 2. The first kappa shape index (κ1) is 17.9. The third-order valence-corrected chi connectivity index (χ3v) is 2.44. The van der Waals surface area contributed by atoms with Crippen molar-refractivity contribution in [1.82, 2.24) is 10.2 Å². The van der Waals surface area contributed by atoms with Crippen LogP contribution in [0.3, 0.4) is 0 Å². The maximum Gasteiger partial charge on any atom is 0.326 e. The first-order chi connectivity index (χ1) is 9.42. The minimum Gasteiger partial charge on any atom is -0.481 e.